The van der Waals surface area contributed by atoms with Crippen LogP contribution in [0.3, 0.4) is 0 Å². The van der Waals surface area contributed by atoms with Gasteiger partial charge in [-0.25, -0.2) is 0 Å². The maximum absolute atomic E-state index is 12.6. The zero-order chi connectivity index (χ0) is 15.1. The summed E-state index contributed by atoms with van der Waals surface area (Å²) in [5.41, 5.74) is -1.37. The summed E-state index contributed by atoms with van der Waals surface area (Å²) in [5, 5.41) is 21.5. The van der Waals surface area contributed by atoms with Crippen LogP contribution in [0.4, 0.5) is 0 Å². The fourth-order valence-corrected chi connectivity index (χ4v) is 2.78. The zero-order valence-electron chi connectivity index (χ0n) is 11.4. The molecule has 1 saturated heterocycles. The highest BCUT2D eigenvalue weighted by molar-refractivity contribution is 6.05. The van der Waals surface area contributed by atoms with E-state index in [1.807, 2.05) is 6.92 Å². The molecule has 3 atom stereocenters. The van der Waals surface area contributed by atoms with Crippen LogP contribution >= 0.6 is 0 Å². The van der Waals surface area contributed by atoms with Gasteiger partial charge in [0, 0.05) is 0 Å². The molecule has 0 radical (unpaired) electrons. The van der Waals surface area contributed by atoms with Crippen LogP contribution in [0.5, 0.6) is 0 Å². The Balaban J connectivity index is 2.68. The number of rotatable bonds is 2. The SMILES string of the molecule is C=C1[C@@H](O)[C@]2(C(=O)N1OC)/C(=C\CC)C=CC(=O)[C@H]2O. The van der Waals surface area contributed by atoms with Crippen LogP contribution in [0.1, 0.15) is 13.3 Å². The predicted octanol–water partition coefficient (Wildman–Crippen LogP) is 0.0872. The first-order valence-electron chi connectivity index (χ1n) is 6.29. The van der Waals surface area contributed by atoms with E-state index >= 15 is 0 Å². The number of allylic oxidation sites excluding steroid dienone is 2. The van der Waals surface area contributed by atoms with E-state index in [0.29, 0.717) is 12.0 Å². The van der Waals surface area contributed by atoms with Crippen LogP contribution in [0.15, 0.2) is 36.1 Å². The van der Waals surface area contributed by atoms with Crippen molar-refractivity contribution in [3.05, 3.63) is 36.1 Å². The van der Waals surface area contributed by atoms with Gasteiger partial charge in [-0.3, -0.25) is 14.4 Å². The predicted molar refractivity (Wildman–Crippen MR) is 70.0 cm³/mol. The van der Waals surface area contributed by atoms with E-state index in [2.05, 4.69) is 6.58 Å². The van der Waals surface area contributed by atoms with Crippen LogP contribution in [-0.4, -0.2) is 46.3 Å². The second-order valence-electron chi connectivity index (χ2n) is 4.75. The standard InChI is InChI=1S/C14H17NO5/c1-4-5-9-6-7-10(16)12(18)14(9)11(17)8(2)15(20-3)13(14)19/h5-7,11-12,17-18H,2,4H2,1,3H3/b9-5-/t11-,12-,14-/m1/s1. The lowest BCUT2D eigenvalue weighted by atomic mass is 9.67. The van der Waals surface area contributed by atoms with Crippen molar-refractivity contribution in [1.29, 1.82) is 0 Å². The van der Waals surface area contributed by atoms with E-state index in [9.17, 15) is 19.8 Å². The first-order valence-corrected chi connectivity index (χ1v) is 6.29. The van der Waals surface area contributed by atoms with Crippen LogP contribution in [0.25, 0.3) is 0 Å². The quantitative estimate of drug-likeness (QED) is 0.748. The summed E-state index contributed by atoms with van der Waals surface area (Å²) in [5.74, 6) is -1.32. The van der Waals surface area contributed by atoms with Gasteiger partial charge in [-0.15, -0.1) is 0 Å². The fraction of sp³-hybridized carbons (Fsp3) is 0.429. The smallest absolute Gasteiger partial charge is 0.267 e. The molecule has 0 aromatic rings. The molecule has 1 heterocycles. The number of amides is 1. The highest BCUT2D eigenvalue weighted by Gasteiger charge is 2.64. The van der Waals surface area contributed by atoms with Gasteiger partial charge >= 0.3 is 0 Å². The number of ketones is 1. The molecule has 6 heteroatoms. The van der Waals surface area contributed by atoms with Gasteiger partial charge in [-0.2, -0.15) is 5.06 Å². The maximum Gasteiger partial charge on any atom is 0.267 e. The molecule has 0 unspecified atom stereocenters. The van der Waals surface area contributed by atoms with Crippen LogP contribution in [0, 0.1) is 5.41 Å². The molecule has 108 valence electrons. The van der Waals surface area contributed by atoms with Gasteiger partial charge < -0.3 is 10.2 Å². The number of aliphatic hydroxyl groups is 2. The molecule has 0 aromatic carbocycles. The normalized spacial score (nSPS) is 35.7. The summed E-state index contributed by atoms with van der Waals surface area (Å²) >= 11 is 0. The molecule has 1 spiro atoms. The third-order valence-electron chi connectivity index (χ3n) is 3.76. The molecular formula is C14H17NO5. The lowest BCUT2D eigenvalue weighted by Crippen LogP contribution is -2.54. The largest absolute Gasteiger partial charge is 0.385 e. The molecule has 2 rings (SSSR count). The first-order chi connectivity index (χ1) is 9.42. The van der Waals surface area contributed by atoms with Crippen molar-refractivity contribution < 1.29 is 24.6 Å². The number of carbonyl (C=O) groups is 2. The van der Waals surface area contributed by atoms with E-state index in [4.69, 9.17) is 4.84 Å². The lowest BCUT2D eigenvalue weighted by molar-refractivity contribution is -0.171. The summed E-state index contributed by atoms with van der Waals surface area (Å²) in [4.78, 5) is 29.2. The Kier molecular flexibility index (Phi) is 3.64. The molecule has 20 heavy (non-hydrogen) atoms. The minimum atomic E-state index is -1.77. The molecule has 0 aromatic heterocycles. The third kappa shape index (κ3) is 1.62. The molecular weight excluding hydrogens is 262 g/mol. The van der Waals surface area contributed by atoms with Crippen molar-refractivity contribution in [2.24, 2.45) is 5.41 Å². The molecule has 1 fully saturated rings. The van der Waals surface area contributed by atoms with Gasteiger partial charge in [0.1, 0.15) is 17.6 Å². The van der Waals surface area contributed by atoms with Crippen molar-refractivity contribution in [3.8, 4) is 0 Å². The fourth-order valence-electron chi connectivity index (χ4n) is 2.78. The third-order valence-corrected chi connectivity index (χ3v) is 3.76. The number of nitrogens with zero attached hydrogens (tertiary/aromatic N) is 1. The minimum Gasteiger partial charge on any atom is -0.385 e. The lowest BCUT2D eigenvalue weighted by Gasteiger charge is -2.36. The van der Waals surface area contributed by atoms with Gasteiger partial charge in [0.25, 0.3) is 5.91 Å². The van der Waals surface area contributed by atoms with Crippen molar-refractivity contribution in [2.45, 2.75) is 25.6 Å². The number of hydrogen-bond donors (Lipinski definition) is 2. The maximum atomic E-state index is 12.6. The molecule has 1 amide bonds. The Hall–Kier alpha value is -1.76. The van der Waals surface area contributed by atoms with Gasteiger partial charge in [0.15, 0.2) is 5.78 Å². The highest BCUT2D eigenvalue weighted by atomic mass is 16.7. The summed E-state index contributed by atoms with van der Waals surface area (Å²) < 4.78 is 0. The van der Waals surface area contributed by atoms with Crippen LogP contribution in [0.2, 0.25) is 0 Å². The van der Waals surface area contributed by atoms with Gasteiger partial charge in [0.2, 0.25) is 0 Å². The topological polar surface area (TPSA) is 87.1 Å². The van der Waals surface area contributed by atoms with E-state index < -0.39 is 29.3 Å². The summed E-state index contributed by atoms with van der Waals surface area (Å²) in [6.45, 7) is 5.45. The minimum absolute atomic E-state index is 0.00153. The average Bonchev–Trinajstić information content (AvgIpc) is 2.61. The first kappa shape index (κ1) is 14.6. The number of hydroxylamine groups is 2. The molecule has 1 aliphatic heterocycles. The van der Waals surface area contributed by atoms with Crippen molar-refractivity contribution in [3.63, 3.8) is 0 Å². The van der Waals surface area contributed by atoms with Gasteiger partial charge in [0.05, 0.1) is 12.8 Å². The Morgan fingerprint density at radius 3 is 2.55 bits per heavy atom. The molecule has 0 saturated carbocycles. The summed E-state index contributed by atoms with van der Waals surface area (Å²) in [7, 11) is 1.25. The van der Waals surface area contributed by atoms with Gasteiger partial charge in [-0.05, 0) is 18.1 Å². The van der Waals surface area contributed by atoms with E-state index in [-0.39, 0.29) is 5.70 Å². The van der Waals surface area contributed by atoms with E-state index in [1.54, 1.807) is 6.08 Å². The van der Waals surface area contributed by atoms with Crippen LogP contribution in [-0.2, 0) is 14.4 Å². The molecule has 1 aliphatic carbocycles. The molecule has 0 bridgehead atoms. The summed E-state index contributed by atoms with van der Waals surface area (Å²) in [6, 6.07) is 0. The Bertz CT molecular complexity index is 536. The van der Waals surface area contributed by atoms with E-state index in [0.717, 1.165) is 5.06 Å². The molecule has 6 nitrogen and oxygen atoms in total. The second kappa shape index (κ2) is 4.97. The molecule has 2 aliphatic rings. The van der Waals surface area contributed by atoms with Gasteiger partial charge in [-0.1, -0.05) is 25.7 Å². The zero-order valence-corrected chi connectivity index (χ0v) is 11.4. The summed E-state index contributed by atoms with van der Waals surface area (Å²) in [6.07, 6.45) is 1.85. The van der Waals surface area contributed by atoms with E-state index in [1.165, 1.54) is 19.3 Å². The Labute approximate surface area is 116 Å². The highest BCUT2D eigenvalue weighted by Crippen LogP contribution is 2.49. The van der Waals surface area contributed by atoms with Crippen molar-refractivity contribution in [2.75, 3.05) is 7.11 Å². The van der Waals surface area contributed by atoms with Crippen molar-refractivity contribution >= 4 is 11.7 Å². The number of aliphatic hydroxyl groups excluding tert-OH is 2. The second-order valence-corrected chi connectivity index (χ2v) is 4.75. The monoisotopic (exact) mass is 279 g/mol. The van der Waals surface area contributed by atoms with Crippen molar-refractivity contribution in [1.82, 2.24) is 5.06 Å². The molecule has 2 N–H and O–H groups in total. The Morgan fingerprint density at radius 1 is 1.40 bits per heavy atom. The number of hydrogen-bond acceptors (Lipinski definition) is 5. The Morgan fingerprint density at radius 2 is 2.05 bits per heavy atom. The van der Waals surface area contributed by atoms with Crippen LogP contribution < -0.4 is 0 Å². The number of carbonyl (C=O) groups excluding carboxylic acids is 2. The average molecular weight is 279 g/mol.